The number of aryl methyl sites for hydroxylation is 1. The van der Waals surface area contributed by atoms with E-state index >= 15 is 0 Å². The molecule has 2 nitrogen and oxygen atoms in total. The Morgan fingerprint density at radius 3 is 2.15 bits per heavy atom. The number of benzene rings is 2. The third kappa shape index (κ3) is 2.11. The second-order valence-corrected chi connectivity index (χ2v) is 6.31. The summed E-state index contributed by atoms with van der Waals surface area (Å²) in [6, 6.07) is 17.0. The van der Waals surface area contributed by atoms with Crippen LogP contribution in [0, 0.1) is 6.92 Å². The van der Waals surface area contributed by atoms with Crippen LogP contribution >= 0.6 is 0 Å². The van der Waals surface area contributed by atoms with Crippen molar-refractivity contribution in [1.82, 2.24) is 9.78 Å². The first kappa shape index (κ1) is 12.9. The van der Waals surface area contributed by atoms with Crippen molar-refractivity contribution in [3.63, 3.8) is 0 Å². The summed E-state index contributed by atoms with van der Waals surface area (Å²) in [5.41, 5.74) is 4.87. The molecule has 0 bridgehead atoms. The molecule has 3 rings (SSSR count). The Hall–Kier alpha value is -2.09. The van der Waals surface area contributed by atoms with Gasteiger partial charge in [0.05, 0.1) is 11.2 Å². The van der Waals surface area contributed by atoms with Gasteiger partial charge in [-0.05, 0) is 36.1 Å². The highest BCUT2D eigenvalue weighted by molar-refractivity contribution is 5.81. The fourth-order valence-electron chi connectivity index (χ4n) is 2.52. The Labute approximate surface area is 120 Å². The van der Waals surface area contributed by atoms with Crippen LogP contribution in [0.25, 0.3) is 16.6 Å². The summed E-state index contributed by atoms with van der Waals surface area (Å²) in [6.07, 6.45) is 0. The average molecular weight is 264 g/mol. The van der Waals surface area contributed by atoms with E-state index in [-0.39, 0.29) is 5.41 Å². The minimum Gasteiger partial charge on any atom is -0.237 e. The monoisotopic (exact) mass is 264 g/mol. The Bertz CT molecular complexity index is 743. The highest BCUT2D eigenvalue weighted by atomic mass is 15.3. The molecule has 0 aliphatic heterocycles. The lowest BCUT2D eigenvalue weighted by atomic mass is 9.87. The van der Waals surface area contributed by atoms with Crippen LogP contribution in [-0.4, -0.2) is 9.78 Å². The third-order valence-electron chi connectivity index (χ3n) is 3.80. The zero-order valence-corrected chi connectivity index (χ0v) is 12.5. The minimum absolute atomic E-state index is 0.183. The van der Waals surface area contributed by atoms with E-state index in [0.717, 1.165) is 11.2 Å². The van der Waals surface area contributed by atoms with Crippen LogP contribution in [-0.2, 0) is 5.41 Å². The van der Waals surface area contributed by atoms with Gasteiger partial charge in [0, 0.05) is 11.1 Å². The predicted octanol–water partition coefficient (Wildman–Crippen LogP) is 4.63. The molecule has 2 aromatic carbocycles. The van der Waals surface area contributed by atoms with Crippen LogP contribution < -0.4 is 0 Å². The van der Waals surface area contributed by atoms with Crippen molar-refractivity contribution in [3.05, 3.63) is 59.8 Å². The van der Waals surface area contributed by atoms with Crippen molar-refractivity contribution in [1.29, 1.82) is 0 Å². The molecule has 20 heavy (non-hydrogen) atoms. The van der Waals surface area contributed by atoms with Crippen LogP contribution in [0.1, 0.15) is 32.0 Å². The molecule has 0 aliphatic carbocycles. The molecular formula is C18H20N2. The molecule has 102 valence electrons. The molecule has 0 atom stereocenters. The van der Waals surface area contributed by atoms with E-state index in [1.807, 2.05) is 10.7 Å². The van der Waals surface area contributed by atoms with Crippen LogP contribution in [0.5, 0.6) is 0 Å². The number of hydrogen-bond acceptors (Lipinski definition) is 1. The summed E-state index contributed by atoms with van der Waals surface area (Å²) in [7, 11) is 0. The molecule has 0 fully saturated rings. The van der Waals surface area contributed by atoms with Gasteiger partial charge in [0.15, 0.2) is 0 Å². The molecule has 0 unspecified atom stereocenters. The molecular weight excluding hydrogens is 244 g/mol. The SMILES string of the molecule is Cc1c2ccccc2nn1-c1ccc(C(C)(C)C)cc1. The van der Waals surface area contributed by atoms with Crippen molar-refractivity contribution in [3.8, 4) is 5.69 Å². The van der Waals surface area contributed by atoms with Gasteiger partial charge in [-0.1, -0.05) is 51.1 Å². The van der Waals surface area contributed by atoms with Crippen molar-refractivity contribution in [2.75, 3.05) is 0 Å². The molecule has 3 aromatic rings. The second-order valence-electron chi connectivity index (χ2n) is 6.31. The van der Waals surface area contributed by atoms with Gasteiger partial charge >= 0.3 is 0 Å². The van der Waals surface area contributed by atoms with E-state index < -0.39 is 0 Å². The van der Waals surface area contributed by atoms with E-state index in [2.05, 4.69) is 70.2 Å². The van der Waals surface area contributed by atoms with E-state index in [1.54, 1.807) is 0 Å². The fourth-order valence-corrected chi connectivity index (χ4v) is 2.52. The maximum Gasteiger partial charge on any atom is 0.0930 e. The highest BCUT2D eigenvalue weighted by Gasteiger charge is 2.14. The molecule has 0 N–H and O–H groups in total. The lowest BCUT2D eigenvalue weighted by Gasteiger charge is -2.19. The Kier molecular flexibility index (Phi) is 2.89. The molecule has 0 spiro atoms. The van der Waals surface area contributed by atoms with Gasteiger partial charge in [0.2, 0.25) is 0 Å². The Morgan fingerprint density at radius 2 is 1.55 bits per heavy atom. The number of rotatable bonds is 1. The Morgan fingerprint density at radius 1 is 0.900 bits per heavy atom. The summed E-state index contributed by atoms with van der Waals surface area (Å²) in [4.78, 5) is 0. The second kappa shape index (κ2) is 4.48. The quantitative estimate of drug-likeness (QED) is 0.626. The molecule has 0 aliphatic rings. The van der Waals surface area contributed by atoms with Crippen molar-refractivity contribution in [2.24, 2.45) is 0 Å². The van der Waals surface area contributed by atoms with Gasteiger partial charge in [-0.25, -0.2) is 4.68 Å². The first-order valence-corrected chi connectivity index (χ1v) is 7.02. The molecule has 0 amide bonds. The first-order chi connectivity index (χ1) is 9.47. The summed E-state index contributed by atoms with van der Waals surface area (Å²) in [6.45, 7) is 8.81. The van der Waals surface area contributed by atoms with Gasteiger partial charge in [-0.15, -0.1) is 0 Å². The summed E-state index contributed by atoms with van der Waals surface area (Å²) in [5.74, 6) is 0. The summed E-state index contributed by atoms with van der Waals surface area (Å²) in [5, 5.41) is 5.91. The molecule has 1 aromatic heterocycles. The first-order valence-electron chi connectivity index (χ1n) is 7.02. The maximum atomic E-state index is 4.69. The fraction of sp³-hybridized carbons (Fsp3) is 0.278. The largest absolute Gasteiger partial charge is 0.237 e. The number of hydrogen-bond donors (Lipinski definition) is 0. The number of aromatic nitrogens is 2. The van der Waals surface area contributed by atoms with Gasteiger partial charge in [0.25, 0.3) is 0 Å². The van der Waals surface area contributed by atoms with Crippen molar-refractivity contribution < 1.29 is 0 Å². The summed E-state index contributed by atoms with van der Waals surface area (Å²) >= 11 is 0. The van der Waals surface area contributed by atoms with Crippen molar-refractivity contribution in [2.45, 2.75) is 33.1 Å². The van der Waals surface area contributed by atoms with Gasteiger partial charge in [0.1, 0.15) is 0 Å². The van der Waals surface area contributed by atoms with Gasteiger partial charge in [-0.3, -0.25) is 0 Å². The van der Waals surface area contributed by atoms with Crippen molar-refractivity contribution >= 4 is 10.9 Å². The smallest absolute Gasteiger partial charge is 0.0930 e. The molecule has 0 saturated carbocycles. The number of nitrogens with zero attached hydrogens (tertiary/aromatic N) is 2. The molecule has 0 radical (unpaired) electrons. The van der Waals surface area contributed by atoms with E-state index in [4.69, 9.17) is 5.10 Å². The van der Waals surface area contributed by atoms with E-state index in [9.17, 15) is 0 Å². The third-order valence-corrected chi connectivity index (χ3v) is 3.80. The maximum absolute atomic E-state index is 4.69. The molecule has 0 saturated heterocycles. The number of fused-ring (bicyclic) bond motifs is 1. The Balaban J connectivity index is 2.09. The average Bonchev–Trinajstić information content (AvgIpc) is 2.76. The van der Waals surface area contributed by atoms with Crippen LogP contribution in [0.2, 0.25) is 0 Å². The lowest BCUT2D eigenvalue weighted by molar-refractivity contribution is 0.590. The molecule has 2 heteroatoms. The predicted molar refractivity (Wildman–Crippen MR) is 84.5 cm³/mol. The van der Waals surface area contributed by atoms with Crippen LogP contribution in [0.3, 0.4) is 0 Å². The lowest BCUT2D eigenvalue weighted by Crippen LogP contribution is -2.11. The summed E-state index contributed by atoms with van der Waals surface area (Å²) < 4.78 is 2.02. The van der Waals surface area contributed by atoms with E-state index in [0.29, 0.717) is 0 Å². The normalized spacial score (nSPS) is 12.0. The topological polar surface area (TPSA) is 17.8 Å². The standard InChI is InChI=1S/C18H20N2/c1-13-16-7-5-6-8-17(16)19-20(13)15-11-9-14(10-12-15)18(2,3)4/h5-12H,1-4H3. The zero-order valence-electron chi connectivity index (χ0n) is 12.5. The van der Waals surface area contributed by atoms with E-state index in [1.165, 1.54) is 16.6 Å². The van der Waals surface area contributed by atoms with Gasteiger partial charge in [-0.2, -0.15) is 5.10 Å². The zero-order chi connectivity index (χ0) is 14.3. The van der Waals surface area contributed by atoms with Crippen LogP contribution in [0.15, 0.2) is 48.5 Å². The minimum atomic E-state index is 0.183. The highest BCUT2D eigenvalue weighted by Crippen LogP contribution is 2.25. The van der Waals surface area contributed by atoms with Crippen LogP contribution in [0.4, 0.5) is 0 Å². The van der Waals surface area contributed by atoms with Gasteiger partial charge < -0.3 is 0 Å². The molecule has 1 heterocycles.